The van der Waals surface area contributed by atoms with Crippen LogP contribution in [0.3, 0.4) is 0 Å². The average Bonchev–Trinajstić information content (AvgIpc) is 3.47. The van der Waals surface area contributed by atoms with Crippen LogP contribution in [0.15, 0.2) is 11.0 Å². The van der Waals surface area contributed by atoms with Crippen LogP contribution in [0, 0.1) is 24.2 Å². The number of ether oxygens (including phenoxy) is 4. The van der Waals surface area contributed by atoms with E-state index in [-0.39, 0.29) is 30.3 Å². The highest BCUT2D eigenvalue weighted by atomic mass is 32.1. The Morgan fingerprint density at radius 1 is 1.12 bits per heavy atom. The second-order valence-electron chi connectivity index (χ2n) is 12.9. The molecule has 3 fully saturated rings. The zero-order valence-corrected chi connectivity index (χ0v) is 26.7. The van der Waals surface area contributed by atoms with Crippen LogP contribution in [-0.2, 0) is 28.5 Å². The van der Waals surface area contributed by atoms with Gasteiger partial charge in [0.15, 0.2) is 6.29 Å². The molecule has 0 radical (unpaired) electrons. The number of carbonyl (C=O) groups is 2. The molecule has 0 bridgehead atoms. The van der Waals surface area contributed by atoms with Crippen LogP contribution < -0.4 is 0 Å². The number of fused-ring (bicyclic) bond motifs is 1. The first-order valence-electron chi connectivity index (χ1n) is 15.2. The number of aryl methyl sites for hydroxylation is 1. The fourth-order valence-corrected chi connectivity index (χ4v) is 6.70. The van der Waals surface area contributed by atoms with Crippen LogP contribution in [-0.4, -0.2) is 98.9 Å². The lowest BCUT2D eigenvalue weighted by Crippen LogP contribution is -2.49. The van der Waals surface area contributed by atoms with E-state index >= 15 is 0 Å². The molecule has 12 heteroatoms. The van der Waals surface area contributed by atoms with Gasteiger partial charge in [-0.3, -0.25) is 9.59 Å². The van der Waals surface area contributed by atoms with Gasteiger partial charge < -0.3 is 39.4 Å². The molecule has 3 aliphatic heterocycles. The summed E-state index contributed by atoms with van der Waals surface area (Å²) in [7, 11) is 0. The fourth-order valence-electron chi connectivity index (χ4n) is 6.13. The standard InChI is InChI=1S/C31H47NO10S/c1-15-8-7-9-20-22(39-20)11-21(16(2)10-19-14-43-18(4)32-19)40-25(34)12-24(31(5,6)29(38)17(3)26(15)35)42-30-28(37)27(36)23(13-33)41-30/h10,14-15,17,20-24,26-28,30,33,35-37H,7-9,11-13H2,1-6H3/b16-10+/t15-,17+,20+,21-,22-,23+,24-,26-,27+,28-,30+/m0/s1. The Morgan fingerprint density at radius 3 is 2.47 bits per heavy atom. The van der Waals surface area contributed by atoms with E-state index in [1.807, 2.05) is 32.2 Å². The summed E-state index contributed by atoms with van der Waals surface area (Å²) in [5.41, 5.74) is 0.246. The quantitative estimate of drug-likeness (QED) is 0.280. The molecule has 43 heavy (non-hydrogen) atoms. The van der Waals surface area contributed by atoms with Crippen molar-refractivity contribution >= 4 is 29.2 Å². The molecule has 1 aromatic heterocycles. The van der Waals surface area contributed by atoms with Gasteiger partial charge in [0.1, 0.15) is 30.2 Å². The summed E-state index contributed by atoms with van der Waals surface area (Å²) in [5, 5.41) is 44.3. The molecule has 4 rings (SSSR count). The topological polar surface area (TPSA) is 168 Å². The Balaban J connectivity index is 1.63. The van der Waals surface area contributed by atoms with E-state index in [1.165, 1.54) is 11.3 Å². The van der Waals surface area contributed by atoms with Gasteiger partial charge in [-0.1, -0.05) is 34.1 Å². The molecule has 0 amide bonds. The highest BCUT2D eigenvalue weighted by molar-refractivity contribution is 7.09. The first-order chi connectivity index (χ1) is 20.2. The Labute approximate surface area is 257 Å². The van der Waals surface area contributed by atoms with Crippen molar-refractivity contribution in [1.82, 2.24) is 4.98 Å². The predicted molar refractivity (Wildman–Crippen MR) is 158 cm³/mol. The Kier molecular flexibility index (Phi) is 11.2. The van der Waals surface area contributed by atoms with Crippen LogP contribution in [0.25, 0.3) is 6.08 Å². The van der Waals surface area contributed by atoms with Crippen molar-refractivity contribution in [3.63, 3.8) is 0 Å². The summed E-state index contributed by atoms with van der Waals surface area (Å²) in [6.07, 6.45) is -3.78. The molecule has 11 atom stereocenters. The van der Waals surface area contributed by atoms with E-state index in [1.54, 1.807) is 20.8 Å². The molecule has 0 saturated carbocycles. The lowest BCUT2D eigenvalue weighted by Gasteiger charge is -2.38. The van der Waals surface area contributed by atoms with Gasteiger partial charge in [0.2, 0.25) is 0 Å². The van der Waals surface area contributed by atoms with Crippen molar-refractivity contribution in [2.75, 3.05) is 6.61 Å². The van der Waals surface area contributed by atoms with Gasteiger partial charge in [-0.2, -0.15) is 0 Å². The maximum absolute atomic E-state index is 13.9. The summed E-state index contributed by atoms with van der Waals surface area (Å²) < 4.78 is 23.6. The van der Waals surface area contributed by atoms with E-state index in [2.05, 4.69) is 4.98 Å². The number of aliphatic hydroxyl groups excluding tert-OH is 4. The molecule has 11 nitrogen and oxygen atoms in total. The summed E-state index contributed by atoms with van der Waals surface area (Å²) in [6.45, 7) is 10.1. The lowest BCUT2D eigenvalue weighted by molar-refractivity contribution is -0.218. The van der Waals surface area contributed by atoms with E-state index in [4.69, 9.17) is 18.9 Å². The van der Waals surface area contributed by atoms with Crippen molar-refractivity contribution in [3.05, 3.63) is 21.7 Å². The van der Waals surface area contributed by atoms with E-state index < -0.39 is 66.8 Å². The van der Waals surface area contributed by atoms with Gasteiger partial charge >= 0.3 is 5.97 Å². The molecule has 242 valence electrons. The molecule has 3 saturated heterocycles. The molecule has 3 aliphatic rings. The maximum Gasteiger partial charge on any atom is 0.309 e. The number of hydrogen-bond donors (Lipinski definition) is 4. The number of hydrogen-bond acceptors (Lipinski definition) is 12. The normalized spacial score (nSPS) is 39.8. The Bertz CT molecular complexity index is 1150. The number of rotatable bonds is 5. The number of thiazole rings is 1. The van der Waals surface area contributed by atoms with Crippen LogP contribution in [0.4, 0.5) is 0 Å². The highest BCUT2D eigenvalue weighted by Gasteiger charge is 2.50. The smallest absolute Gasteiger partial charge is 0.309 e. The molecule has 4 N–H and O–H groups in total. The SMILES string of the molecule is C/C(=C\c1csc(C)n1)[C@@H]1C[C@@H]2O[C@@H]2CCC[C@H](C)[C@H](O)[C@@H](C)C(=O)C(C)(C)[C@@H](O[C@H]2O[C@H](CO)[C@@H](O)[C@@H]2O)CC(=O)O1. The first-order valence-corrected chi connectivity index (χ1v) is 16.1. The van der Waals surface area contributed by atoms with Crippen molar-refractivity contribution in [3.8, 4) is 0 Å². The molecular formula is C31H47NO10S. The third kappa shape index (κ3) is 8.09. The van der Waals surface area contributed by atoms with Crippen molar-refractivity contribution in [1.29, 1.82) is 0 Å². The molecule has 4 heterocycles. The minimum atomic E-state index is -1.51. The summed E-state index contributed by atoms with van der Waals surface area (Å²) in [5.74, 6) is -1.87. The van der Waals surface area contributed by atoms with E-state index in [0.29, 0.717) is 6.42 Å². The fraction of sp³-hybridized carbons (Fsp3) is 0.774. The van der Waals surface area contributed by atoms with Gasteiger partial charge in [0.05, 0.1) is 53.6 Å². The highest BCUT2D eigenvalue weighted by Crippen LogP contribution is 2.38. The number of cyclic esters (lactones) is 1. The molecule has 0 unspecified atom stereocenters. The largest absolute Gasteiger partial charge is 0.458 e. The van der Waals surface area contributed by atoms with Crippen molar-refractivity contribution in [2.24, 2.45) is 17.3 Å². The summed E-state index contributed by atoms with van der Waals surface area (Å²) >= 11 is 1.53. The summed E-state index contributed by atoms with van der Waals surface area (Å²) in [4.78, 5) is 32.0. The summed E-state index contributed by atoms with van der Waals surface area (Å²) in [6, 6.07) is 0. The van der Waals surface area contributed by atoms with Gasteiger partial charge in [0.25, 0.3) is 0 Å². The van der Waals surface area contributed by atoms with E-state index in [9.17, 15) is 30.0 Å². The monoisotopic (exact) mass is 625 g/mol. The number of Topliss-reactive ketones (excluding diaryl/α,β-unsaturated/α-hetero) is 1. The molecule has 1 aromatic rings. The first kappa shape index (κ1) is 34.1. The minimum Gasteiger partial charge on any atom is -0.458 e. The van der Waals surface area contributed by atoms with Crippen LogP contribution in [0.2, 0.25) is 0 Å². The maximum atomic E-state index is 13.9. The van der Waals surface area contributed by atoms with Gasteiger partial charge in [-0.15, -0.1) is 11.3 Å². The molecular weight excluding hydrogens is 578 g/mol. The lowest BCUT2D eigenvalue weighted by atomic mass is 9.72. The Morgan fingerprint density at radius 2 is 1.84 bits per heavy atom. The molecule has 0 aliphatic carbocycles. The number of aromatic nitrogens is 1. The molecule has 0 aromatic carbocycles. The Hall–Kier alpha value is -1.77. The zero-order valence-electron chi connectivity index (χ0n) is 25.8. The van der Waals surface area contributed by atoms with Crippen molar-refractivity contribution in [2.45, 2.75) is 129 Å². The van der Waals surface area contributed by atoms with Crippen LogP contribution >= 0.6 is 11.3 Å². The van der Waals surface area contributed by atoms with Crippen LogP contribution in [0.5, 0.6) is 0 Å². The van der Waals surface area contributed by atoms with Gasteiger partial charge in [0, 0.05) is 17.7 Å². The second-order valence-corrected chi connectivity index (χ2v) is 14.0. The number of epoxide rings is 1. The van der Waals surface area contributed by atoms with E-state index in [0.717, 1.165) is 35.5 Å². The number of ketones is 1. The van der Waals surface area contributed by atoms with Gasteiger partial charge in [-0.05, 0) is 44.3 Å². The predicted octanol–water partition coefficient (Wildman–Crippen LogP) is 2.55. The number of esters is 1. The minimum absolute atomic E-state index is 0.0359. The number of nitrogens with zero attached hydrogens (tertiary/aromatic N) is 1. The van der Waals surface area contributed by atoms with Gasteiger partial charge in [-0.25, -0.2) is 4.98 Å². The third-order valence-corrected chi connectivity index (χ3v) is 9.97. The average molecular weight is 626 g/mol. The second kappa shape index (κ2) is 14.1. The zero-order chi connectivity index (χ0) is 31.6. The molecule has 0 spiro atoms. The van der Waals surface area contributed by atoms with Crippen LogP contribution in [0.1, 0.15) is 77.4 Å². The number of carbonyl (C=O) groups excluding carboxylic acids is 2. The third-order valence-electron chi connectivity index (χ3n) is 9.17. The number of aliphatic hydroxyl groups is 4. The van der Waals surface area contributed by atoms with Crippen molar-refractivity contribution < 1.29 is 49.0 Å².